The van der Waals surface area contributed by atoms with Gasteiger partial charge < -0.3 is 14.2 Å². The number of fused-ring (bicyclic) bond motifs is 1. The van der Waals surface area contributed by atoms with E-state index in [0.717, 1.165) is 40.6 Å². The Morgan fingerprint density at radius 3 is 2.62 bits per heavy atom. The molecule has 1 saturated carbocycles. The molecule has 0 aliphatic heterocycles. The second kappa shape index (κ2) is 8.95. The fraction of sp³-hybridized carbons (Fsp3) is 0.333. The lowest BCUT2D eigenvalue weighted by Crippen LogP contribution is -2.11. The molecule has 1 aliphatic rings. The van der Waals surface area contributed by atoms with Crippen LogP contribution < -0.4 is 9.47 Å². The maximum Gasteiger partial charge on any atom is 0.302 e. The van der Waals surface area contributed by atoms with Gasteiger partial charge in [-0.05, 0) is 60.7 Å². The van der Waals surface area contributed by atoms with E-state index in [2.05, 4.69) is 18.2 Å². The highest BCUT2D eigenvalue weighted by atomic mass is 16.6. The van der Waals surface area contributed by atoms with Crippen molar-refractivity contribution in [1.82, 2.24) is 4.98 Å². The van der Waals surface area contributed by atoms with Crippen LogP contribution in [0.1, 0.15) is 32.6 Å². The minimum Gasteiger partial charge on any atom is -0.490 e. The zero-order valence-electron chi connectivity index (χ0n) is 16.6. The van der Waals surface area contributed by atoms with Gasteiger partial charge >= 0.3 is 5.97 Å². The van der Waals surface area contributed by atoms with Crippen LogP contribution in [-0.2, 0) is 9.53 Å². The third kappa shape index (κ3) is 5.05. The Balaban J connectivity index is 1.47. The van der Waals surface area contributed by atoms with Gasteiger partial charge in [-0.25, -0.2) is 4.98 Å². The normalized spacial score (nSPS) is 14.1. The van der Waals surface area contributed by atoms with Gasteiger partial charge in [0.25, 0.3) is 0 Å². The molecule has 29 heavy (non-hydrogen) atoms. The van der Waals surface area contributed by atoms with E-state index in [4.69, 9.17) is 19.2 Å². The van der Waals surface area contributed by atoms with Gasteiger partial charge in [-0.1, -0.05) is 24.3 Å². The SMILES string of the molecule is CC(=O)OCCOc1ccc2cc(-c3cccc(OC4CCCC4)n3)ccc2c1. The second-order valence-electron chi connectivity index (χ2n) is 7.30. The van der Waals surface area contributed by atoms with Gasteiger partial charge in [-0.3, -0.25) is 4.79 Å². The van der Waals surface area contributed by atoms with Gasteiger partial charge in [-0.15, -0.1) is 0 Å². The number of carbonyl (C=O) groups is 1. The first kappa shape index (κ1) is 19.2. The highest BCUT2D eigenvalue weighted by molar-refractivity contribution is 5.88. The molecule has 1 fully saturated rings. The number of pyridine rings is 1. The summed E-state index contributed by atoms with van der Waals surface area (Å²) in [6.07, 6.45) is 5.02. The lowest BCUT2D eigenvalue weighted by atomic mass is 10.0. The van der Waals surface area contributed by atoms with Crippen molar-refractivity contribution in [3.05, 3.63) is 54.6 Å². The highest BCUT2D eigenvalue weighted by Gasteiger charge is 2.17. The largest absolute Gasteiger partial charge is 0.490 e. The van der Waals surface area contributed by atoms with Crippen LogP contribution in [0.25, 0.3) is 22.0 Å². The van der Waals surface area contributed by atoms with E-state index < -0.39 is 0 Å². The van der Waals surface area contributed by atoms with Crippen molar-refractivity contribution in [2.75, 3.05) is 13.2 Å². The first-order chi connectivity index (χ1) is 14.2. The molecule has 0 radical (unpaired) electrons. The molecule has 0 N–H and O–H groups in total. The first-order valence-corrected chi connectivity index (χ1v) is 10.1. The van der Waals surface area contributed by atoms with Crippen molar-refractivity contribution in [2.24, 2.45) is 0 Å². The average Bonchev–Trinajstić information content (AvgIpc) is 3.24. The molecule has 5 nitrogen and oxygen atoms in total. The Morgan fingerprint density at radius 2 is 1.79 bits per heavy atom. The van der Waals surface area contributed by atoms with Crippen molar-refractivity contribution in [3.8, 4) is 22.9 Å². The summed E-state index contributed by atoms with van der Waals surface area (Å²) in [6.45, 7) is 1.97. The van der Waals surface area contributed by atoms with Crippen molar-refractivity contribution >= 4 is 16.7 Å². The van der Waals surface area contributed by atoms with Crippen LogP contribution in [0.15, 0.2) is 54.6 Å². The summed E-state index contributed by atoms with van der Waals surface area (Å²) >= 11 is 0. The van der Waals surface area contributed by atoms with Crippen LogP contribution in [0.5, 0.6) is 11.6 Å². The Kier molecular flexibility index (Phi) is 5.94. The lowest BCUT2D eigenvalue weighted by Gasteiger charge is -2.13. The van der Waals surface area contributed by atoms with Crippen molar-refractivity contribution in [3.63, 3.8) is 0 Å². The number of aromatic nitrogens is 1. The summed E-state index contributed by atoms with van der Waals surface area (Å²) in [5.74, 6) is 1.15. The molecule has 0 unspecified atom stereocenters. The van der Waals surface area contributed by atoms with Gasteiger partial charge in [0, 0.05) is 18.6 Å². The molecule has 0 spiro atoms. The zero-order chi connectivity index (χ0) is 20.1. The third-order valence-corrected chi connectivity index (χ3v) is 5.08. The molecule has 150 valence electrons. The molecule has 0 saturated heterocycles. The molecule has 1 heterocycles. The average molecular weight is 391 g/mol. The van der Waals surface area contributed by atoms with Crippen molar-refractivity contribution < 1.29 is 19.0 Å². The van der Waals surface area contributed by atoms with Gasteiger partial charge in [-0.2, -0.15) is 0 Å². The molecule has 5 heteroatoms. The number of rotatable bonds is 7. The summed E-state index contributed by atoms with van der Waals surface area (Å²) in [6, 6.07) is 18.1. The molecule has 2 aromatic carbocycles. The van der Waals surface area contributed by atoms with Gasteiger partial charge in [0.05, 0.1) is 5.69 Å². The Labute approximate surface area is 170 Å². The maximum atomic E-state index is 10.8. The molecular formula is C24H25NO4. The van der Waals surface area contributed by atoms with Gasteiger partial charge in [0.1, 0.15) is 25.1 Å². The third-order valence-electron chi connectivity index (χ3n) is 5.08. The molecule has 3 aromatic rings. The molecular weight excluding hydrogens is 366 g/mol. The minimum absolute atomic E-state index is 0.247. The highest BCUT2D eigenvalue weighted by Crippen LogP contribution is 2.28. The van der Waals surface area contributed by atoms with Gasteiger partial charge in [0.15, 0.2) is 0 Å². The van der Waals surface area contributed by atoms with Crippen LogP contribution in [0.4, 0.5) is 0 Å². The fourth-order valence-electron chi connectivity index (χ4n) is 3.64. The number of ether oxygens (including phenoxy) is 3. The number of hydrogen-bond acceptors (Lipinski definition) is 5. The van der Waals surface area contributed by atoms with Crippen LogP contribution >= 0.6 is 0 Å². The Bertz CT molecular complexity index is 995. The summed E-state index contributed by atoms with van der Waals surface area (Å²) < 4.78 is 16.6. The number of hydrogen-bond donors (Lipinski definition) is 0. The number of benzene rings is 2. The summed E-state index contributed by atoms with van der Waals surface area (Å²) in [5.41, 5.74) is 1.96. The monoisotopic (exact) mass is 391 g/mol. The van der Waals surface area contributed by atoms with Crippen LogP contribution in [-0.4, -0.2) is 30.3 Å². The van der Waals surface area contributed by atoms with E-state index in [-0.39, 0.29) is 12.6 Å². The quantitative estimate of drug-likeness (QED) is 0.411. The van der Waals surface area contributed by atoms with Crippen LogP contribution in [0, 0.1) is 0 Å². The smallest absolute Gasteiger partial charge is 0.302 e. The number of carbonyl (C=O) groups excluding carboxylic acids is 1. The maximum absolute atomic E-state index is 10.8. The molecule has 0 amide bonds. The van der Waals surface area contributed by atoms with E-state index in [1.807, 2.05) is 36.4 Å². The predicted molar refractivity (Wildman–Crippen MR) is 112 cm³/mol. The van der Waals surface area contributed by atoms with Crippen molar-refractivity contribution in [2.45, 2.75) is 38.7 Å². The van der Waals surface area contributed by atoms with E-state index in [0.29, 0.717) is 18.6 Å². The van der Waals surface area contributed by atoms with E-state index in [1.54, 1.807) is 0 Å². The van der Waals surface area contributed by atoms with E-state index >= 15 is 0 Å². The summed E-state index contributed by atoms with van der Waals surface area (Å²) in [5, 5.41) is 2.19. The number of esters is 1. The van der Waals surface area contributed by atoms with E-state index in [9.17, 15) is 4.79 Å². The fourth-order valence-corrected chi connectivity index (χ4v) is 3.64. The second-order valence-corrected chi connectivity index (χ2v) is 7.30. The van der Waals surface area contributed by atoms with Crippen molar-refractivity contribution in [1.29, 1.82) is 0 Å². The van der Waals surface area contributed by atoms with Crippen LogP contribution in [0.2, 0.25) is 0 Å². The van der Waals surface area contributed by atoms with E-state index in [1.165, 1.54) is 19.8 Å². The molecule has 0 bridgehead atoms. The summed E-state index contributed by atoms with van der Waals surface area (Å²) in [4.78, 5) is 15.5. The molecule has 0 atom stereocenters. The lowest BCUT2D eigenvalue weighted by molar-refractivity contribution is -0.141. The summed E-state index contributed by atoms with van der Waals surface area (Å²) in [7, 11) is 0. The molecule has 1 aromatic heterocycles. The molecule has 4 rings (SSSR count). The topological polar surface area (TPSA) is 57.7 Å². The Morgan fingerprint density at radius 1 is 1.00 bits per heavy atom. The zero-order valence-corrected chi connectivity index (χ0v) is 16.6. The number of nitrogens with zero attached hydrogens (tertiary/aromatic N) is 1. The van der Waals surface area contributed by atoms with Gasteiger partial charge in [0.2, 0.25) is 5.88 Å². The minimum atomic E-state index is -0.300. The Hall–Kier alpha value is -3.08. The van der Waals surface area contributed by atoms with Crippen LogP contribution in [0.3, 0.4) is 0 Å². The predicted octanol–water partition coefficient (Wildman–Crippen LogP) is 5.17. The standard InChI is InChI=1S/C24H25NO4/c1-17(26)27-13-14-28-22-12-11-18-15-20(10-9-19(18)16-22)23-7-4-8-24(25-23)29-21-5-2-3-6-21/h4,7-12,15-16,21H,2-3,5-6,13-14H2,1H3. The molecule has 1 aliphatic carbocycles. The first-order valence-electron chi connectivity index (χ1n) is 10.1.